The summed E-state index contributed by atoms with van der Waals surface area (Å²) >= 11 is 7.82. The Hall–Kier alpha value is -1.02. The van der Waals surface area contributed by atoms with Crippen molar-refractivity contribution in [2.45, 2.75) is 20.4 Å². The number of nitrogens with zero attached hydrogens (tertiary/aromatic N) is 2. The van der Waals surface area contributed by atoms with Crippen LogP contribution < -0.4 is 5.56 Å². The third-order valence-corrected chi connectivity index (χ3v) is 3.80. The Balaban J connectivity index is 2.85. The second-order valence-electron chi connectivity index (χ2n) is 4.95. The lowest BCUT2D eigenvalue weighted by Gasteiger charge is -2.17. The van der Waals surface area contributed by atoms with Crippen molar-refractivity contribution < 1.29 is 8.78 Å². The summed E-state index contributed by atoms with van der Waals surface area (Å²) in [5.74, 6) is -1.46. The lowest BCUT2D eigenvalue weighted by Crippen LogP contribution is -2.28. The first-order valence-corrected chi connectivity index (χ1v) is 7.68. The van der Waals surface area contributed by atoms with Crippen LogP contribution in [0, 0.1) is 21.3 Å². The van der Waals surface area contributed by atoms with Crippen LogP contribution in [0.15, 0.2) is 23.0 Å². The fraction of sp³-hybridized carbons (Fsp3) is 0.286. The van der Waals surface area contributed by atoms with Gasteiger partial charge in [0.25, 0.3) is 5.56 Å². The fourth-order valence-corrected chi connectivity index (χ4v) is 2.97. The molecule has 0 N–H and O–H groups in total. The maximum Gasteiger partial charge on any atom is 0.283 e. The van der Waals surface area contributed by atoms with Gasteiger partial charge in [-0.3, -0.25) is 4.79 Å². The van der Waals surface area contributed by atoms with Gasteiger partial charge in [0.2, 0.25) is 0 Å². The van der Waals surface area contributed by atoms with E-state index in [1.807, 2.05) is 13.8 Å². The molecule has 3 nitrogen and oxygen atoms in total. The summed E-state index contributed by atoms with van der Waals surface area (Å²) in [7, 11) is 0. The number of aromatic nitrogens is 2. The van der Waals surface area contributed by atoms with Crippen LogP contribution in [0.4, 0.5) is 8.78 Å². The summed E-state index contributed by atoms with van der Waals surface area (Å²) in [5.41, 5.74) is -0.762. The number of hydrogen-bond acceptors (Lipinski definition) is 2. The van der Waals surface area contributed by atoms with E-state index >= 15 is 0 Å². The van der Waals surface area contributed by atoms with Crippen LogP contribution >= 0.6 is 34.2 Å². The van der Waals surface area contributed by atoms with Gasteiger partial charge in [-0.25, -0.2) is 13.8 Å². The number of benzene rings is 1. The third kappa shape index (κ3) is 3.26. The molecule has 0 fully saturated rings. The zero-order valence-electron chi connectivity index (χ0n) is 11.3. The molecule has 0 amide bonds. The Labute approximate surface area is 139 Å². The molecule has 2 rings (SSSR count). The second-order valence-corrected chi connectivity index (χ2v) is 6.33. The lowest BCUT2D eigenvalue weighted by atomic mass is 10.1. The minimum atomic E-state index is -0.781. The minimum Gasteiger partial charge on any atom is -0.303 e. The summed E-state index contributed by atoms with van der Waals surface area (Å²) in [4.78, 5) is 16.1. The van der Waals surface area contributed by atoms with E-state index in [0.717, 1.165) is 12.1 Å². The van der Waals surface area contributed by atoms with Crippen molar-refractivity contribution in [2.75, 3.05) is 0 Å². The van der Waals surface area contributed by atoms with Crippen LogP contribution in [0.2, 0.25) is 5.15 Å². The van der Waals surface area contributed by atoms with E-state index in [-0.39, 0.29) is 26.0 Å². The Morgan fingerprint density at radius 1 is 1.33 bits per heavy atom. The third-order valence-electron chi connectivity index (χ3n) is 2.83. The molecule has 1 heterocycles. The van der Waals surface area contributed by atoms with Crippen molar-refractivity contribution in [1.29, 1.82) is 0 Å². The van der Waals surface area contributed by atoms with Gasteiger partial charge in [0.05, 0.1) is 11.3 Å². The Kier molecular flexibility index (Phi) is 4.98. The molecule has 0 aliphatic heterocycles. The van der Waals surface area contributed by atoms with E-state index in [0.29, 0.717) is 6.54 Å². The maximum absolute atomic E-state index is 14.0. The zero-order chi connectivity index (χ0) is 15.7. The molecule has 0 spiro atoms. The highest BCUT2D eigenvalue weighted by molar-refractivity contribution is 14.1. The molecule has 0 atom stereocenters. The first kappa shape index (κ1) is 16.4. The molecule has 0 aliphatic carbocycles. The number of hydrogen-bond donors (Lipinski definition) is 0. The van der Waals surface area contributed by atoms with E-state index in [1.54, 1.807) is 22.6 Å². The Morgan fingerprint density at radius 2 is 1.90 bits per heavy atom. The van der Waals surface area contributed by atoms with E-state index in [1.165, 1.54) is 10.6 Å². The average molecular weight is 425 g/mol. The Morgan fingerprint density at radius 3 is 2.43 bits per heavy atom. The topological polar surface area (TPSA) is 34.9 Å². The summed E-state index contributed by atoms with van der Waals surface area (Å²) in [6, 6.07) is 3.50. The second kappa shape index (κ2) is 6.39. The first-order chi connectivity index (χ1) is 9.82. The van der Waals surface area contributed by atoms with Crippen molar-refractivity contribution in [3.8, 4) is 11.3 Å². The van der Waals surface area contributed by atoms with E-state index in [2.05, 4.69) is 4.98 Å². The van der Waals surface area contributed by atoms with Gasteiger partial charge in [-0.2, -0.15) is 0 Å². The van der Waals surface area contributed by atoms with Crippen molar-refractivity contribution >= 4 is 34.2 Å². The highest BCUT2D eigenvalue weighted by atomic mass is 127. The van der Waals surface area contributed by atoms with Crippen molar-refractivity contribution in [3.05, 3.63) is 49.0 Å². The Bertz CT molecular complexity index is 726. The quantitative estimate of drug-likeness (QED) is 0.695. The molecular formula is C14H12ClF2IN2O. The van der Waals surface area contributed by atoms with Gasteiger partial charge < -0.3 is 4.57 Å². The monoisotopic (exact) mass is 424 g/mol. The fourth-order valence-electron chi connectivity index (χ4n) is 2.01. The number of rotatable bonds is 3. The predicted molar refractivity (Wildman–Crippen MR) is 86.4 cm³/mol. The smallest absolute Gasteiger partial charge is 0.283 e. The van der Waals surface area contributed by atoms with Gasteiger partial charge in [-0.1, -0.05) is 31.5 Å². The summed E-state index contributed by atoms with van der Waals surface area (Å²) in [6.45, 7) is 4.09. The molecule has 0 bridgehead atoms. The van der Waals surface area contributed by atoms with Crippen LogP contribution in [0.5, 0.6) is 0 Å². The molecule has 2 aromatic rings. The van der Waals surface area contributed by atoms with Crippen LogP contribution in [0.3, 0.4) is 0 Å². The molecular weight excluding hydrogens is 413 g/mol. The van der Waals surface area contributed by atoms with Crippen LogP contribution in [-0.2, 0) is 6.54 Å². The summed E-state index contributed by atoms with van der Waals surface area (Å²) < 4.78 is 29.5. The first-order valence-electron chi connectivity index (χ1n) is 6.23. The molecule has 0 aliphatic rings. The average Bonchev–Trinajstić information content (AvgIpc) is 2.38. The molecule has 112 valence electrons. The zero-order valence-corrected chi connectivity index (χ0v) is 14.2. The van der Waals surface area contributed by atoms with E-state index in [4.69, 9.17) is 11.6 Å². The molecule has 21 heavy (non-hydrogen) atoms. The molecule has 0 unspecified atom stereocenters. The van der Waals surface area contributed by atoms with Gasteiger partial charge in [0.15, 0.2) is 8.85 Å². The molecule has 0 saturated heterocycles. The highest BCUT2D eigenvalue weighted by Gasteiger charge is 2.22. The molecule has 0 saturated carbocycles. The summed E-state index contributed by atoms with van der Waals surface area (Å²) in [5, 5.41) is -0.0938. The van der Waals surface area contributed by atoms with Gasteiger partial charge in [0, 0.05) is 6.54 Å². The van der Waals surface area contributed by atoms with Gasteiger partial charge in [-0.15, -0.1) is 0 Å². The number of halogens is 4. The lowest BCUT2D eigenvalue weighted by molar-refractivity contribution is 0.506. The van der Waals surface area contributed by atoms with Crippen molar-refractivity contribution in [2.24, 2.45) is 5.92 Å². The van der Waals surface area contributed by atoms with Gasteiger partial charge in [-0.05, 0) is 40.6 Å². The maximum atomic E-state index is 14.0. The SMILES string of the molecule is CC(C)Cn1c(-c2c(F)cccc2F)c(Cl)nc(I)c1=O. The normalized spacial score (nSPS) is 11.2. The predicted octanol–water partition coefficient (Wildman–Crippen LogP) is 4.10. The minimum absolute atomic E-state index is 0.0219. The molecule has 1 aromatic heterocycles. The van der Waals surface area contributed by atoms with E-state index < -0.39 is 17.2 Å². The van der Waals surface area contributed by atoms with Crippen LogP contribution in [0.1, 0.15) is 13.8 Å². The molecule has 0 radical (unpaired) electrons. The highest BCUT2D eigenvalue weighted by Crippen LogP contribution is 2.30. The van der Waals surface area contributed by atoms with Crippen LogP contribution in [-0.4, -0.2) is 9.55 Å². The largest absolute Gasteiger partial charge is 0.303 e. The molecule has 1 aromatic carbocycles. The summed E-state index contributed by atoms with van der Waals surface area (Å²) in [6.07, 6.45) is 0. The van der Waals surface area contributed by atoms with Crippen LogP contribution in [0.25, 0.3) is 11.3 Å². The molecule has 7 heteroatoms. The van der Waals surface area contributed by atoms with Gasteiger partial charge in [0.1, 0.15) is 11.6 Å². The van der Waals surface area contributed by atoms with Gasteiger partial charge >= 0.3 is 0 Å². The van der Waals surface area contributed by atoms with E-state index in [9.17, 15) is 13.6 Å². The van der Waals surface area contributed by atoms with Crippen molar-refractivity contribution in [3.63, 3.8) is 0 Å². The van der Waals surface area contributed by atoms with Crippen molar-refractivity contribution in [1.82, 2.24) is 9.55 Å². The standard InChI is InChI=1S/C14H12ClF2IN2O/c1-7(2)6-20-11(12(15)19-13(18)14(20)21)10-8(16)4-3-5-9(10)17/h3-5,7H,6H2,1-2H3.